The zero-order valence-electron chi connectivity index (χ0n) is 24.3. The molecule has 9 nitrogen and oxygen atoms in total. The van der Waals surface area contributed by atoms with Gasteiger partial charge in [0.15, 0.2) is 5.82 Å². The predicted molar refractivity (Wildman–Crippen MR) is 178 cm³/mol. The van der Waals surface area contributed by atoms with Gasteiger partial charge in [-0.15, -0.1) is 11.3 Å². The molecule has 3 aromatic carbocycles. The Morgan fingerprint density at radius 3 is 2.29 bits per heavy atom. The zero-order chi connectivity index (χ0) is 30.4. The summed E-state index contributed by atoms with van der Waals surface area (Å²) in [6.07, 6.45) is 2.62. The number of H-pyrrole nitrogens is 1. The van der Waals surface area contributed by atoms with E-state index in [1.54, 1.807) is 11.7 Å². The van der Waals surface area contributed by atoms with Gasteiger partial charge in [0.05, 0.1) is 19.0 Å². The summed E-state index contributed by atoms with van der Waals surface area (Å²) in [5.74, 6) is 0.525. The van der Waals surface area contributed by atoms with Crippen molar-refractivity contribution < 1.29 is 9.26 Å². The molecule has 3 heterocycles. The van der Waals surface area contributed by atoms with Crippen molar-refractivity contribution in [3.05, 3.63) is 126 Å². The van der Waals surface area contributed by atoms with Crippen LogP contribution in [0.1, 0.15) is 35.8 Å². The fraction of sp³-hybridized carbons (Fsp3) is 0.235. The fourth-order valence-electron chi connectivity index (χ4n) is 5.90. The van der Waals surface area contributed by atoms with Crippen molar-refractivity contribution >= 4 is 72.9 Å². The van der Waals surface area contributed by atoms with E-state index in [-0.39, 0.29) is 68.0 Å². The van der Waals surface area contributed by atoms with Crippen LogP contribution in [0.15, 0.2) is 97.8 Å². The van der Waals surface area contributed by atoms with E-state index >= 15 is 0 Å². The number of aromatic amines is 1. The molecule has 45 heavy (non-hydrogen) atoms. The molecule has 0 saturated heterocycles. The third kappa shape index (κ3) is 6.00. The predicted octanol–water partition coefficient (Wildman–Crippen LogP) is 4.94. The van der Waals surface area contributed by atoms with Gasteiger partial charge < -0.3 is 4.74 Å². The molecule has 1 N–H and O–H groups in total. The average Bonchev–Trinajstić information content (AvgIpc) is 3.50. The van der Waals surface area contributed by atoms with Gasteiger partial charge in [-0.25, -0.2) is 9.59 Å². The summed E-state index contributed by atoms with van der Waals surface area (Å²) in [7, 11) is 1.64. The van der Waals surface area contributed by atoms with Crippen molar-refractivity contribution in [1.82, 2.24) is 19.3 Å². The molecule has 0 amide bonds. The third-order valence-electron chi connectivity index (χ3n) is 8.54. The molecule has 0 unspecified atom stereocenters. The van der Waals surface area contributed by atoms with E-state index in [2.05, 4.69) is 17.1 Å². The maximum atomic E-state index is 14.1. The first-order chi connectivity index (χ1) is 21.4. The maximum absolute atomic E-state index is 14.1. The van der Waals surface area contributed by atoms with Crippen LogP contribution in [0, 0.1) is 0 Å². The number of thiophene rings is 1. The van der Waals surface area contributed by atoms with Gasteiger partial charge in [0, 0.05) is 22.4 Å². The van der Waals surface area contributed by atoms with Crippen LogP contribution in [0.2, 0.25) is 0 Å². The van der Waals surface area contributed by atoms with Crippen molar-refractivity contribution in [3.8, 4) is 28.3 Å². The molecule has 0 atom stereocenters. The number of aryl methyl sites for hydroxylation is 1. The van der Waals surface area contributed by atoms with Crippen molar-refractivity contribution in [2.24, 2.45) is 0 Å². The molecule has 0 aliphatic heterocycles. The number of nitrogens with zero attached hydrogens (tertiary/aromatic N) is 3. The topological polar surface area (TPSA) is 112 Å². The van der Waals surface area contributed by atoms with Crippen LogP contribution in [0.25, 0.3) is 32.7 Å². The van der Waals surface area contributed by atoms with Crippen molar-refractivity contribution in [2.45, 2.75) is 44.7 Å². The Bertz CT molecular complexity index is 2170. The van der Waals surface area contributed by atoms with Gasteiger partial charge in [-0.1, -0.05) is 72.7 Å². The van der Waals surface area contributed by atoms with Crippen LogP contribution in [0.3, 0.4) is 0 Å². The number of methoxy groups -OCH3 is 1. The Hall–Kier alpha value is -3.32. The Balaban J connectivity index is 0.00000357. The van der Waals surface area contributed by atoms with E-state index in [0.717, 1.165) is 57.7 Å². The van der Waals surface area contributed by atoms with Gasteiger partial charge >= 0.3 is 62.8 Å². The third-order valence-corrected chi connectivity index (χ3v) is 9.84. The summed E-state index contributed by atoms with van der Waals surface area (Å²) >= 11 is 1.51. The number of benzene rings is 3. The van der Waals surface area contributed by atoms with Crippen molar-refractivity contribution in [1.29, 1.82) is 0 Å². The molecule has 6 aromatic rings. The van der Waals surface area contributed by atoms with Crippen LogP contribution >= 0.6 is 11.3 Å². The first-order valence-corrected chi connectivity index (χ1v) is 15.4. The molecule has 0 radical (unpaired) electrons. The number of ether oxygens (including phenoxy) is 1. The average molecular weight is 647 g/mol. The minimum atomic E-state index is -0.611. The van der Waals surface area contributed by atoms with Gasteiger partial charge in [-0.3, -0.25) is 23.4 Å². The molecule has 0 spiro atoms. The van der Waals surface area contributed by atoms with Gasteiger partial charge in [0.25, 0.3) is 5.56 Å². The quantitative estimate of drug-likeness (QED) is 0.223. The van der Waals surface area contributed by atoms with E-state index in [1.165, 1.54) is 15.9 Å². The summed E-state index contributed by atoms with van der Waals surface area (Å²) in [4.78, 5) is 43.8. The summed E-state index contributed by atoms with van der Waals surface area (Å²) in [5, 5.41) is 4.44. The number of nitrogens with one attached hydrogen (secondary N) is 1. The Morgan fingerprint density at radius 2 is 1.67 bits per heavy atom. The van der Waals surface area contributed by atoms with E-state index in [1.807, 2.05) is 78.9 Å². The first-order valence-electron chi connectivity index (χ1n) is 14.5. The monoisotopic (exact) mass is 646 g/mol. The molecule has 11 heteroatoms. The van der Waals surface area contributed by atoms with Gasteiger partial charge in [0.1, 0.15) is 10.6 Å². The van der Waals surface area contributed by atoms with Gasteiger partial charge in [0.2, 0.25) is 0 Å². The molecule has 7 rings (SSSR count). The molecule has 0 bridgehead atoms. The van der Waals surface area contributed by atoms with Crippen LogP contribution in [0.5, 0.6) is 5.75 Å². The van der Waals surface area contributed by atoms with Crippen LogP contribution < -0.4 is 21.7 Å². The number of fused-ring (bicyclic) bond motifs is 1. The Kier molecular flexibility index (Phi) is 9.02. The van der Waals surface area contributed by atoms with Gasteiger partial charge in [-0.2, -0.15) is 0 Å². The zero-order valence-corrected chi connectivity index (χ0v) is 25.1. The van der Waals surface area contributed by atoms with Gasteiger partial charge in [-0.05, 0) is 59.7 Å². The summed E-state index contributed by atoms with van der Waals surface area (Å²) in [5.41, 5.74) is 3.83. The summed E-state index contributed by atoms with van der Waals surface area (Å²) in [6.45, 7) is 2.72. The van der Waals surface area contributed by atoms with E-state index in [9.17, 15) is 14.4 Å². The minimum absolute atomic E-state index is 0. The first kappa shape index (κ1) is 31.7. The van der Waals surface area contributed by atoms with Crippen molar-refractivity contribution in [2.75, 3.05) is 7.11 Å². The summed E-state index contributed by atoms with van der Waals surface area (Å²) < 4.78 is 13.2. The molecule has 1 saturated carbocycles. The Morgan fingerprint density at radius 1 is 0.956 bits per heavy atom. The van der Waals surface area contributed by atoms with Crippen LogP contribution in [-0.2, 0) is 24.9 Å². The molecular weight excluding hydrogens is 616 g/mol. The second kappa shape index (κ2) is 12.8. The number of aromatic nitrogens is 4. The van der Waals surface area contributed by atoms with E-state index < -0.39 is 5.76 Å². The van der Waals surface area contributed by atoms with Crippen molar-refractivity contribution in [3.63, 3.8) is 0 Å². The molecule has 1 aliphatic rings. The SMILES string of the molecule is CCc1cc2c(=O)n(CC3(c4ccc(OC)cc4)CC3)c(=O)n(Cc3ccc(-c4ccccc4-c4noc(=O)[nH]4)cc3)c2s1.[KH]. The Labute approximate surface area is 304 Å². The normalized spacial score (nSPS) is 13.5. The fourth-order valence-corrected chi connectivity index (χ4v) is 6.98. The molecule has 224 valence electrons. The number of hydrogen-bond acceptors (Lipinski definition) is 7. The van der Waals surface area contributed by atoms with Crippen LogP contribution in [-0.4, -0.2) is 77.8 Å². The second-order valence-corrected chi connectivity index (χ2v) is 12.4. The molecule has 3 aromatic heterocycles. The molecule has 1 aliphatic carbocycles. The summed E-state index contributed by atoms with van der Waals surface area (Å²) in [6, 6.07) is 25.4. The van der Waals surface area contributed by atoms with E-state index in [4.69, 9.17) is 9.26 Å². The molecular formula is C34H31KN4O5S. The number of rotatable bonds is 9. The standard InChI is InChI=1S/C34H30N4O5S.K.H/c1-3-25-18-28-30(39)38(20-34(16-17-34)23-12-14-24(42-2)15-13-23)33(41)37(31(28)44-25)19-21-8-10-22(11-9-21)26-6-4-5-7-27(26)29-35-32(40)43-36-29;;/h4-15,18H,3,16-17,19-20H2,1-2H3,(H,35,36,40);;. The van der Waals surface area contributed by atoms with Crippen LogP contribution in [0.4, 0.5) is 0 Å². The second-order valence-electron chi connectivity index (χ2n) is 11.2. The number of hydrogen-bond donors (Lipinski definition) is 1. The van der Waals surface area contributed by atoms with E-state index in [0.29, 0.717) is 29.1 Å². The molecule has 1 fully saturated rings.